The number of benzene rings is 3. The minimum Gasteiger partial charge on any atom is -0.382 e. The minimum atomic E-state index is -2.31. The molecule has 1 unspecified atom stereocenters. The molecule has 0 radical (unpaired) electrons. The van der Waals surface area contributed by atoms with Crippen molar-refractivity contribution in [3.8, 4) is 11.3 Å². The first kappa shape index (κ1) is 24.5. The van der Waals surface area contributed by atoms with E-state index in [0.717, 1.165) is 11.1 Å². The van der Waals surface area contributed by atoms with Crippen molar-refractivity contribution in [1.82, 2.24) is 9.97 Å². The Balaban J connectivity index is 1.55. The summed E-state index contributed by atoms with van der Waals surface area (Å²) in [7, 11) is 0. The maximum absolute atomic E-state index is 14.1. The second kappa shape index (κ2) is 9.70. The van der Waals surface area contributed by atoms with Crippen LogP contribution in [0.1, 0.15) is 34.2 Å². The van der Waals surface area contributed by atoms with Gasteiger partial charge in [-0.2, -0.15) is 0 Å². The lowest BCUT2D eigenvalue weighted by molar-refractivity contribution is -0.115. The standard InChI is InChI=1S/C27H18F5N3O2/c28-19-16(20(29)22(31)23(32)21(19)30)12-18(36)34-27-25(26(37)14-7-2-1-3-8-14)35-24-15-9-5-4-6-13(15)10-11-17(24)33-27/h1-9,26,37H,10-12H2,(H,33,34,36). The van der Waals surface area contributed by atoms with Crippen LogP contribution in [0.2, 0.25) is 0 Å². The molecule has 0 fully saturated rings. The van der Waals surface area contributed by atoms with E-state index < -0.39 is 53.1 Å². The summed E-state index contributed by atoms with van der Waals surface area (Å²) in [6.45, 7) is 0. The van der Waals surface area contributed by atoms with Gasteiger partial charge < -0.3 is 10.4 Å². The molecular weight excluding hydrogens is 493 g/mol. The number of hydrogen-bond acceptors (Lipinski definition) is 4. The number of aliphatic hydroxyl groups excluding tert-OH is 1. The predicted molar refractivity (Wildman–Crippen MR) is 124 cm³/mol. The highest BCUT2D eigenvalue weighted by Gasteiger charge is 2.29. The zero-order valence-electron chi connectivity index (χ0n) is 19.0. The van der Waals surface area contributed by atoms with Crippen LogP contribution < -0.4 is 5.32 Å². The number of anilines is 1. The van der Waals surface area contributed by atoms with E-state index >= 15 is 0 Å². The number of fused-ring (bicyclic) bond motifs is 3. The highest BCUT2D eigenvalue weighted by Crippen LogP contribution is 2.35. The average molecular weight is 511 g/mol. The Morgan fingerprint density at radius 1 is 0.838 bits per heavy atom. The molecular formula is C27H18F5N3O2. The van der Waals surface area contributed by atoms with Gasteiger partial charge in [0.25, 0.3) is 0 Å². The molecule has 1 aliphatic carbocycles. The van der Waals surface area contributed by atoms with E-state index in [9.17, 15) is 31.9 Å². The Bertz CT molecular complexity index is 1500. The number of amides is 1. The van der Waals surface area contributed by atoms with Crippen molar-refractivity contribution in [3.05, 3.63) is 112 Å². The fourth-order valence-electron chi connectivity index (χ4n) is 4.31. The smallest absolute Gasteiger partial charge is 0.230 e. The fourth-order valence-corrected chi connectivity index (χ4v) is 4.31. The van der Waals surface area contributed by atoms with Crippen molar-refractivity contribution in [2.24, 2.45) is 0 Å². The van der Waals surface area contributed by atoms with Crippen molar-refractivity contribution in [3.63, 3.8) is 0 Å². The molecule has 5 rings (SSSR count). The van der Waals surface area contributed by atoms with E-state index in [0.29, 0.717) is 29.8 Å². The number of aromatic nitrogens is 2. The normalized spacial score (nSPS) is 13.0. The van der Waals surface area contributed by atoms with Crippen LogP contribution in [0.5, 0.6) is 0 Å². The number of hydrogen-bond donors (Lipinski definition) is 2. The SMILES string of the molecule is O=C(Cc1c(F)c(F)c(F)c(F)c1F)Nc1nc2c(nc1C(O)c1ccccc1)-c1ccccc1CC2. The summed E-state index contributed by atoms with van der Waals surface area (Å²) in [4.78, 5) is 21.8. The molecule has 10 heteroatoms. The van der Waals surface area contributed by atoms with Gasteiger partial charge in [-0.3, -0.25) is 4.79 Å². The maximum atomic E-state index is 14.1. The molecule has 0 spiro atoms. The summed E-state index contributed by atoms with van der Waals surface area (Å²) in [6, 6.07) is 16.0. The lowest BCUT2D eigenvalue weighted by Crippen LogP contribution is -2.22. The van der Waals surface area contributed by atoms with Crippen LogP contribution in [0.4, 0.5) is 27.8 Å². The fraction of sp³-hybridized carbons (Fsp3) is 0.148. The first-order chi connectivity index (χ1) is 17.8. The van der Waals surface area contributed by atoms with Crippen molar-refractivity contribution in [2.45, 2.75) is 25.4 Å². The number of halogens is 5. The molecule has 1 aromatic heterocycles. The van der Waals surface area contributed by atoms with E-state index in [1.165, 1.54) is 0 Å². The summed E-state index contributed by atoms with van der Waals surface area (Å²) >= 11 is 0. The van der Waals surface area contributed by atoms with Crippen LogP contribution in [0.25, 0.3) is 11.3 Å². The highest BCUT2D eigenvalue weighted by molar-refractivity contribution is 5.92. The Hall–Kier alpha value is -4.18. The van der Waals surface area contributed by atoms with Crippen molar-refractivity contribution in [2.75, 3.05) is 5.32 Å². The third kappa shape index (κ3) is 4.44. The molecule has 4 aromatic rings. The minimum absolute atomic E-state index is 0.0348. The van der Waals surface area contributed by atoms with Gasteiger partial charge in [-0.05, 0) is 24.0 Å². The Kier molecular flexibility index (Phi) is 6.43. The Morgan fingerprint density at radius 3 is 2.16 bits per heavy atom. The summed E-state index contributed by atoms with van der Waals surface area (Å²) in [5.74, 6) is -12.1. The number of carbonyl (C=O) groups is 1. The van der Waals surface area contributed by atoms with Crippen LogP contribution in [-0.4, -0.2) is 21.0 Å². The number of nitrogens with zero attached hydrogens (tertiary/aromatic N) is 2. The van der Waals surface area contributed by atoms with Gasteiger partial charge >= 0.3 is 0 Å². The quantitative estimate of drug-likeness (QED) is 0.220. The zero-order valence-corrected chi connectivity index (χ0v) is 19.0. The molecule has 5 nitrogen and oxygen atoms in total. The molecule has 0 aliphatic heterocycles. The molecule has 37 heavy (non-hydrogen) atoms. The predicted octanol–water partition coefficient (Wildman–Crippen LogP) is 5.20. The molecule has 3 aromatic carbocycles. The number of aryl methyl sites for hydroxylation is 2. The second-order valence-corrected chi connectivity index (χ2v) is 8.50. The van der Waals surface area contributed by atoms with Crippen molar-refractivity contribution >= 4 is 11.7 Å². The first-order valence-electron chi connectivity index (χ1n) is 11.3. The van der Waals surface area contributed by atoms with E-state index in [1.54, 1.807) is 30.3 Å². The average Bonchev–Trinajstić information content (AvgIpc) is 2.92. The number of rotatable bonds is 5. The molecule has 1 aliphatic rings. The molecule has 1 heterocycles. The zero-order chi connectivity index (χ0) is 26.3. The Labute approximate surface area is 207 Å². The summed E-state index contributed by atoms with van der Waals surface area (Å²) in [5, 5.41) is 13.4. The Morgan fingerprint density at radius 2 is 1.46 bits per heavy atom. The van der Waals surface area contributed by atoms with Gasteiger partial charge in [0.05, 0.1) is 17.8 Å². The van der Waals surface area contributed by atoms with Crippen LogP contribution in [0.15, 0.2) is 54.6 Å². The van der Waals surface area contributed by atoms with Gasteiger partial charge in [-0.25, -0.2) is 31.9 Å². The second-order valence-electron chi connectivity index (χ2n) is 8.50. The van der Waals surface area contributed by atoms with Crippen molar-refractivity contribution < 1.29 is 31.9 Å². The number of carbonyl (C=O) groups excluding carboxylic acids is 1. The number of aliphatic hydroxyl groups is 1. The van der Waals surface area contributed by atoms with Gasteiger partial charge in [0.2, 0.25) is 11.7 Å². The van der Waals surface area contributed by atoms with Gasteiger partial charge in [0.15, 0.2) is 29.1 Å². The van der Waals surface area contributed by atoms with Crippen LogP contribution in [-0.2, 0) is 24.1 Å². The van der Waals surface area contributed by atoms with Crippen LogP contribution in [0.3, 0.4) is 0 Å². The largest absolute Gasteiger partial charge is 0.382 e. The first-order valence-corrected chi connectivity index (χ1v) is 11.3. The van der Waals surface area contributed by atoms with E-state index in [2.05, 4.69) is 15.3 Å². The lowest BCUT2D eigenvalue weighted by Gasteiger charge is -2.22. The van der Waals surface area contributed by atoms with E-state index in [4.69, 9.17) is 0 Å². The molecule has 0 bridgehead atoms. The summed E-state index contributed by atoms with van der Waals surface area (Å²) in [5.41, 5.74) is 2.02. The third-order valence-electron chi connectivity index (χ3n) is 6.17. The number of nitrogens with one attached hydrogen (secondary N) is 1. The molecule has 0 saturated carbocycles. The van der Waals surface area contributed by atoms with Gasteiger partial charge in [-0.15, -0.1) is 0 Å². The van der Waals surface area contributed by atoms with Gasteiger partial charge in [0, 0.05) is 11.1 Å². The lowest BCUT2D eigenvalue weighted by atomic mass is 9.91. The van der Waals surface area contributed by atoms with Gasteiger partial charge in [0.1, 0.15) is 11.8 Å². The summed E-state index contributed by atoms with van der Waals surface area (Å²) in [6.07, 6.45) is -1.37. The molecule has 1 atom stereocenters. The van der Waals surface area contributed by atoms with E-state index in [-0.39, 0.29) is 11.5 Å². The molecule has 1 amide bonds. The maximum Gasteiger partial charge on any atom is 0.230 e. The summed E-state index contributed by atoms with van der Waals surface area (Å²) < 4.78 is 68.8. The van der Waals surface area contributed by atoms with Crippen LogP contribution in [0, 0.1) is 29.1 Å². The topological polar surface area (TPSA) is 75.1 Å². The monoisotopic (exact) mass is 511 g/mol. The van der Waals surface area contributed by atoms with Gasteiger partial charge in [-0.1, -0.05) is 54.6 Å². The molecule has 188 valence electrons. The third-order valence-corrected chi connectivity index (χ3v) is 6.17. The van der Waals surface area contributed by atoms with E-state index in [1.807, 2.05) is 24.3 Å². The van der Waals surface area contributed by atoms with Crippen LogP contribution >= 0.6 is 0 Å². The van der Waals surface area contributed by atoms with Crippen molar-refractivity contribution in [1.29, 1.82) is 0 Å². The molecule has 2 N–H and O–H groups in total. The molecule has 0 saturated heterocycles. The highest BCUT2D eigenvalue weighted by atomic mass is 19.2.